The molecule has 0 bridgehead atoms. The zero-order valence-corrected chi connectivity index (χ0v) is 16.7. The molecule has 0 aliphatic heterocycles. The minimum Gasteiger partial charge on any atom is -0.496 e. The molecule has 2 rings (SSSR count). The van der Waals surface area contributed by atoms with Gasteiger partial charge in [-0.3, -0.25) is 0 Å². The van der Waals surface area contributed by atoms with Crippen molar-refractivity contribution in [3.8, 4) is 5.75 Å². The van der Waals surface area contributed by atoms with Crippen molar-refractivity contribution in [2.24, 2.45) is 0 Å². The Hall–Kier alpha value is -1.29. The van der Waals surface area contributed by atoms with Crippen molar-refractivity contribution in [3.63, 3.8) is 0 Å². The number of carbonyl (C=O) groups is 1. The van der Waals surface area contributed by atoms with Gasteiger partial charge in [-0.1, -0.05) is 18.2 Å². The molecule has 0 heterocycles. The molecule has 3 nitrogen and oxygen atoms in total. The molecule has 0 saturated carbocycles. The number of ether oxygens (including phenoxy) is 2. The Morgan fingerprint density at radius 2 is 1.92 bits per heavy atom. The van der Waals surface area contributed by atoms with Crippen LogP contribution in [0.1, 0.15) is 28.4 Å². The highest BCUT2D eigenvalue weighted by Gasteiger charge is 2.35. The van der Waals surface area contributed by atoms with Gasteiger partial charge >= 0.3 is 12.1 Å². The van der Waals surface area contributed by atoms with Crippen molar-refractivity contribution < 1.29 is 27.4 Å². The maximum Gasteiger partial charge on any atom is 0.392 e. The van der Waals surface area contributed by atoms with Crippen LogP contribution in [0.3, 0.4) is 0 Å². The van der Waals surface area contributed by atoms with Gasteiger partial charge in [-0.15, -0.1) is 0 Å². The second-order valence-electron chi connectivity index (χ2n) is 5.09. The molecule has 25 heavy (non-hydrogen) atoms. The van der Waals surface area contributed by atoms with E-state index in [1.807, 2.05) is 22.6 Å². The number of esters is 1. The first-order chi connectivity index (χ1) is 11.7. The third kappa shape index (κ3) is 5.60. The maximum absolute atomic E-state index is 12.9. The third-order valence-corrected chi connectivity index (χ3v) is 4.87. The molecule has 0 saturated heterocycles. The van der Waals surface area contributed by atoms with Gasteiger partial charge in [0.1, 0.15) is 11.9 Å². The van der Waals surface area contributed by atoms with Gasteiger partial charge in [-0.25, -0.2) is 4.79 Å². The van der Waals surface area contributed by atoms with Crippen molar-refractivity contribution in [3.05, 3.63) is 61.6 Å². The van der Waals surface area contributed by atoms with Crippen LogP contribution >= 0.6 is 38.5 Å². The monoisotopic (exact) mass is 528 g/mol. The van der Waals surface area contributed by atoms with Gasteiger partial charge < -0.3 is 9.47 Å². The summed E-state index contributed by atoms with van der Waals surface area (Å²) in [5, 5.41) is 0. The summed E-state index contributed by atoms with van der Waals surface area (Å²) in [6.45, 7) is 0. The molecular formula is C17H13BrF3IO3. The zero-order chi connectivity index (χ0) is 18.6. The lowest BCUT2D eigenvalue weighted by atomic mass is 10.1. The van der Waals surface area contributed by atoms with E-state index in [9.17, 15) is 18.0 Å². The molecule has 1 atom stereocenters. The van der Waals surface area contributed by atoms with Crippen molar-refractivity contribution >= 4 is 44.5 Å². The minimum atomic E-state index is -4.48. The molecule has 0 aliphatic rings. The van der Waals surface area contributed by atoms with Crippen LogP contribution in [-0.4, -0.2) is 19.3 Å². The lowest BCUT2D eigenvalue weighted by molar-refractivity contribution is -0.155. The quantitative estimate of drug-likeness (QED) is 0.357. The number of benzene rings is 2. The summed E-state index contributed by atoms with van der Waals surface area (Å²) in [6, 6.07) is 11.0. The van der Waals surface area contributed by atoms with Gasteiger partial charge in [-0.05, 0) is 68.3 Å². The van der Waals surface area contributed by atoms with E-state index >= 15 is 0 Å². The second-order valence-corrected chi connectivity index (χ2v) is 7.10. The molecule has 8 heteroatoms. The first kappa shape index (κ1) is 20.0. The topological polar surface area (TPSA) is 35.5 Å². The summed E-state index contributed by atoms with van der Waals surface area (Å²) in [5.41, 5.74) is 0.451. The summed E-state index contributed by atoms with van der Waals surface area (Å²) in [6.07, 6.45) is -7.21. The Bertz CT molecular complexity index is 765. The molecule has 0 radical (unpaired) electrons. The summed E-state index contributed by atoms with van der Waals surface area (Å²) < 4.78 is 50.2. The number of alkyl halides is 3. The van der Waals surface area contributed by atoms with Crippen molar-refractivity contribution in [1.82, 2.24) is 0 Å². The van der Waals surface area contributed by atoms with Crippen molar-refractivity contribution in [2.75, 3.05) is 7.11 Å². The van der Waals surface area contributed by atoms with E-state index in [2.05, 4.69) is 15.9 Å². The van der Waals surface area contributed by atoms with Gasteiger partial charge in [0.15, 0.2) is 0 Å². The number of carbonyl (C=O) groups excluding carboxylic acids is 1. The number of rotatable bonds is 5. The predicted octanol–water partition coefficient (Wildman–Crippen LogP) is 5.91. The molecule has 0 aliphatic carbocycles. The van der Waals surface area contributed by atoms with Gasteiger partial charge in [-0.2, -0.15) is 13.2 Å². The molecule has 134 valence electrons. The van der Waals surface area contributed by atoms with Crippen molar-refractivity contribution in [1.29, 1.82) is 0 Å². The van der Waals surface area contributed by atoms with E-state index in [1.54, 1.807) is 18.2 Å². The largest absolute Gasteiger partial charge is 0.496 e. The fraction of sp³-hybridized carbons (Fsp3) is 0.235. The lowest BCUT2D eigenvalue weighted by Gasteiger charge is -2.21. The Balaban J connectivity index is 2.32. The van der Waals surface area contributed by atoms with Gasteiger partial charge in [0, 0.05) is 3.57 Å². The van der Waals surface area contributed by atoms with E-state index in [4.69, 9.17) is 9.47 Å². The standard InChI is InChI=1S/C17H13BrF3IO3/c1-24-14-7-6-10(8-12(14)18)15(9-17(19,20)21)25-16(23)11-4-2-3-5-13(11)22/h2-8,15H,9H2,1H3. The number of hydrogen-bond donors (Lipinski definition) is 0. The Morgan fingerprint density at radius 3 is 2.48 bits per heavy atom. The van der Waals surface area contributed by atoms with Crippen molar-refractivity contribution in [2.45, 2.75) is 18.7 Å². The summed E-state index contributed by atoms with van der Waals surface area (Å²) >= 11 is 5.16. The van der Waals surface area contributed by atoms with Crippen LogP contribution in [0, 0.1) is 3.57 Å². The van der Waals surface area contributed by atoms with Crippen LogP contribution in [0.25, 0.3) is 0 Å². The fourth-order valence-corrected chi connectivity index (χ4v) is 3.31. The molecular weight excluding hydrogens is 516 g/mol. The third-order valence-electron chi connectivity index (χ3n) is 3.31. The Kier molecular flexibility index (Phi) is 6.72. The smallest absolute Gasteiger partial charge is 0.392 e. The summed E-state index contributed by atoms with van der Waals surface area (Å²) in [7, 11) is 1.45. The molecule has 0 N–H and O–H groups in total. The molecule has 0 amide bonds. The number of methoxy groups -OCH3 is 1. The normalized spacial score (nSPS) is 12.6. The lowest BCUT2D eigenvalue weighted by Crippen LogP contribution is -2.20. The average molecular weight is 529 g/mol. The first-order valence-corrected chi connectivity index (χ1v) is 8.94. The van der Waals surface area contributed by atoms with Crippen LogP contribution in [0.4, 0.5) is 13.2 Å². The Morgan fingerprint density at radius 1 is 1.24 bits per heavy atom. The fourth-order valence-electron chi connectivity index (χ4n) is 2.14. The number of hydrogen-bond acceptors (Lipinski definition) is 3. The molecule has 1 unspecified atom stereocenters. The van der Waals surface area contributed by atoms with Crippen LogP contribution in [0.15, 0.2) is 46.9 Å². The van der Waals surface area contributed by atoms with Crippen LogP contribution < -0.4 is 4.74 Å². The highest BCUT2D eigenvalue weighted by molar-refractivity contribution is 14.1. The van der Waals surface area contributed by atoms with E-state index in [-0.39, 0.29) is 11.1 Å². The molecule has 0 spiro atoms. The van der Waals surface area contributed by atoms with Crippen LogP contribution in [-0.2, 0) is 4.74 Å². The SMILES string of the molecule is COc1ccc(C(CC(F)(F)F)OC(=O)c2ccccc2I)cc1Br. The average Bonchev–Trinajstić information content (AvgIpc) is 2.53. The predicted molar refractivity (Wildman–Crippen MR) is 98.7 cm³/mol. The van der Waals surface area contributed by atoms with E-state index in [1.165, 1.54) is 31.4 Å². The van der Waals surface area contributed by atoms with Gasteiger partial charge in [0.25, 0.3) is 0 Å². The Labute approximate surface area is 164 Å². The number of halogens is 5. The highest BCUT2D eigenvalue weighted by Crippen LogP contribution is 2.36. The summed E-state index contributed by atoms with van der Waals surface area (Å²) in [5.74, 6) is -0.329. The zero-order valence-electron chi connectivity index (χ0n) is 12.9. The first-order valence-electron chi connectivity index (χ1n) is 7.07. The van der Waals surface area contributed by atoms with Crippen LogP contribution in [0.5, 0.6) is 5.75 Å². The molecule has 0 aromatic heterocycles. The highest BCUT2D eigenvalue weighted by atomic mass is 127. The molecule has 2 aromatic carbocycles. The van der Waals surface area contributed by atoms with Gasteiger partial charge in [0.05, 0.1) is 23.6 Å². The van der Waals surface area contributed by atoms with E-state index in [0.717, 1.165) is 0 Å². The molecule has 2 aromatic rings. The minimum absolute atomic E-state index is 0.225. The van der Waals surface area contributed by atoms with Crippen LogP contribution in [0.2, 0.25) is 0 Å². The van der Waals surface area contributed by atoms with E-state index in [0.29, 0.717) is 13.8 Å². The maximum atomic E-state index is 12.9. The van der Waals surface area contributed by atoms with Gasteiger partial charge in [0.2, 0.25) is 0 Å². The molecule has 0 fully saturated rings. The second kappa shape index (κ2) is 8.39. The summed E-state index contributed by atoms with van der Waals surface area (Å²) in [4.78, 5) is 12.3. The van der Waals surface area contributed by atoms with E-state index < -0.39 is 24.7 Å².